The molecule has 0 fully saturated rings. The highest BCUT2D eigenvalue weighted by Gasteiger charge is 2.30. The molecule has 9 nitrogen and oxygen atoms in total. The Bertz CT molecular complexity index is 1290. The van der Waals surface area contributed by atoms with Gasteiger partial charge in [-0.05, 0) is 23.3 Å². The number of hydrogen-bond acceptors (Lipinski definition) is 7. The molecule has 0 radical (unpaired) electrons. The number of carbonyl (C=O) groups excluding carboxylic acids is 1. The fraction of sp³-hybridized carbons (Fsp3) is 0.208. The van der Waals surface area contributed by atoms with E-state index < -0.39 is 11.7 Å². The second-order valence-electron chi connectivity index (χ2n) is 7.76. The standard InChI is InChI=1S/C24H22F3N7O2/c1-36-9-8-34-15-20(14-31-34)32-23-29-11-18(12-30-23)17-4-2-16(3-5-17)10-22(35)33-21-7-6-19(13-28-21)24(25,26)27/h2-7,11-15H,8-10H2,1H3,(H,28,33,35)(H,29,30,32). The number of aromatic nitrogens is 5. The number of alkyl halides is 3. The number of nitrogens with one attached hydrogen (secondary N) is 2. The third-order valence-corrected chi connectivity index (χ3v) is 5.08. The van der Waals surface area contributed by atoms with E-state index in [1.165, 1.54) is 0 Å². The molecule has 36 heavy (non-hydrogen) atoms. The Balaban J connectivity index is 1.31. The van der Waals surface area contributed by atoms with E-state index in [0.717, 1.165) is 34.5 Å². The maximum atomic E-state index is 12.6. The number of halogens is 3. The van der Waals surface area contributed by atoms with Crippen LogP contribution in [0.1, 0.15) is 11.1 Å². The maximum absolute atomic E-state index is 12.6. The molecule has 4 aromatic rings. The number of anilines is 3. The molecule has 0 saturated carbocycles. The Labute approximate surface area is 204 Å². The molecule has 1 amide bonds. The number of ether oxygens (including phenoxy) is 1. The van der Waals surface area contributed by atoms with Crippen molar-refractivity contribution in [3.05, 3.63) is 78.5 Å². The average molecular weight is 497 g/mol. The van der Waals surface area contributed by atoms with Gasteiger partial charge in [-0.3, -0.25) is 9.48 Å². The lowest BCUT2D eigenvalue weighted by Crippen LogP contribution is -2.15. The van der Waals surface area contributed by atoms with Gasteiger partial charge >= 0.3 is 6.18 Å². The average Bonchev–Trinajstić information content (AvgIpc) is 3.30. The first kappa shape index (κ1) is 24.8. The first-order valence-corrected chi connectivity index (χ1v) is 10.8. The van der Waals surface area contributed by atoms with E-state index in [0.29, 0.717) is 25.3 Å². The summed E-state index contributed by atoms with van der Waals surface area (Å²) in [5.74, 6) is 0.0901. The third-order valence-electron chi connectivity index (χ3n) is 5.08. The molecule has 186 valence electrons. The number of rotatable bonds is 9. The van der Waals surface area contributed by atoms with Crippen molar-refractivity contribution in [2.24, 2.45) is 0 Å². The third kappa shape index (κ3) is 6.63. The maximum Gasteiger partial charge on any atom is 0.417 e. The van der Waals surface area contributed by atoms with Gasteiger partial charge in [0.15, 0.2) is 0 Å². The molecule has 0 bridgehead atoms. The molecule has 0 aliphatic carbocycles. The van der Waals surface area contributed by atoms with E-state index in [9.17, 15) is 18.0 Å². The highest BCUT2D eigenvalue weighted by atomic mass is 19.4. The summed E-state index contributed by atoms with van der Waals surface area (Å²) in [5, 5.41) is 9.81. The van der Waals surface area contributed by atoms with Crippen molar-refractivity contribution < 1.29 is 22.7 Å². The molecule has 0 unspecified atom stereocenters. The van der Waals surface area contributed by atoms with Gasteiger partial charge in [-0.2, -0.15) is 18.3 Å². The first-order chi connectivity index (χ1) is 17.3. The van der Waals surface area contributed by atoms with Gasteiger partial charge in [-0.25, -0.2) is 15.0 Å². The molecule has 0 aliphatic rings. The second kappa shape index (κ2) is 11.0. The summed E-state index contributed by atoms with van der Waals surface area (Å²) in [7, 11) is 1.63. The zero-order chi connectivity index (χ0) is 25.5. The summed E-state index contributed by atoms with van der Waals surface area (Å²) in [5.41, 5.74) is 2.27. The van der Waals surface area contributed by atoms with Gasteiger partial charge in [0.2, 0.25) is 11.9 Å². The van der Waals surface area contributed by atoms with Crippen LogP contribution in [0.25, 0.3) is 11.1 Å². The molecule has 1 aromatic carbocycles. The molecule has 12 heteroatoms. The smallest absolute Gasteiger partial charge is 0.383 e. The number of methoxy groups -OCH3 is 1. The molecular weight excluding hydrogens is 475 g/mol. The Morgan fingerprint density at radius 1 is 0.972 bits per heavy atom. The van der Waals surface area contributed by atoms with Crippen molar-refractivity contribution >= 4 is 23.4 Å². The molecule has 0 spiro atoms. The normalized spacial score (nSPS) is 11.3. The number of benzene rings is 1. The predicted molar refractivity (Wildman–Crippen MR) is 126 cm³/mol. The number of amides is 1. The minimum atomic E-state index is -4.48. The predicted octanol–water partition coefficient (Wildman–Crippen LogP) is 4.33. The van der Waals surface area contributed by atoms with Crippen LogP contribution < -0.4 is 10.6 Å². The molecular formula is C24H22F3N7O2. The molecule has 0 saturated heterocycles. The quantitative estimate of drug-likeness (QED) is 0.355. The van der Waals surface area contributed by atoms with E-state index >= 15 is 0 Å². The van der Waals surface area contributed by atoms with Crippen LogP contribution in [-0.2, 0) is 28.7 Å². The number of pyridine rings is 1. The van der Waals surface area contributed by atoms with Crippen molar-refractivity contribution in [3.8, 4) is 11.1 Å². The Morgan fingerprint density at radius 2 is 1.72 bits per heavy atom. The lowest BCUT2D eigenvalue weighted by molar-refractivity contribution is -0.137. The highest BCUT2D eigenvalue weighted by molar-refractivity contribution is 5.91. The molecule has 2 N–H and O–H groups in total. The minimum Gasteiger partial charge on any atom is -0.383 e. The van der Waals surface area contributed by atoms with E-state index in [1.807, 2.05) is 18.3 Å². The summed E-state index contributed by atoms with van der Waals surface area (Å²) >= 11 is 0. The van der Waals surface area contributed by atoms with Gasteiger partial charge in [0, 0.05) is 37.5 Å². The van der Waals surface area contributed by atoms with Crippen LogP contribution >= 0.6 is 0 Å². The zero-order valence-electron chi connectivity index (χ0n) is 19.2. The van der Waals surface area contributed by atoms with Crippen LogP contribution in [0.3, 0.4) is 0 Å². The SMILES string of the molecule is COCCn1cc(Nc2ncc(-c3ccc(CC(=O)Nc4ccc(C(F)(F)F)cn4)cc3)cn2)cn1. The summed E-state index contributed by atoms with van der Waals surface area (Å²) in [4.78, 5) is 24.6. The largest absolute Gasteiger partial charge is 0.417 e. The van der Waals surface area contributed by atoms with Crippen molar-refractivity contribution in [3.63, 3.8) is 0 Å². The molecule has 3 heterocycles. The zero-order valence-corrected chi connectivity index (χ0v) is 19.2. The van der Waals surface area contributed by atoms with Crippen molar-refractivity contribution in [2.45, 2.75) is 19.1 Å². The van der Waals surface area contributed by atoms with Crippen LogP contribution in [0.4, 0.5) is 30.6 Å². The topological polar surface area (TPSA) is 107 Å². The van der Waals surface area contributed by atoms with Gasteiger partial charge in [0.1, 0.15) is 5.82 Å². The Kier molecular flexibility index (Phi) is 7.54. The van der Waals surface area contributed by atoms with Crippen molar-refractivity contribution in [1.82, 2.24) is 24.7 Å². The van der Waals surface area contributed by atoms with Crippen LogP contribution in [0, 0.1) is 0 Å². The van der Waals surface area contributed by atoms with Crippen LogP contribution in [-0.4, -0.2) is 44.4 Å². The van der Waals surface area contributed by atoms with Crippen LogP contribution in [0.2, 0.25) is 0 Å². The molecule has 4 rings (SSSR count). The second-order valence-corrected chi connectivity index (χ2v) is 7.76. The van der Waals surface area contributed by atoms with Gasteiger partial charge < -0.3 is 15.4 Å². The number of nitrogens with zero attached hydrogens (tertiary/aromatic N) is 5. The van der Waals surface area contributed by atoms with Gasteiger partial charge in [0.05, 0.1) is 37.0 Å². The fourth-order valence-electron chi connectivity index (χ4n) is 3.23. The summed E-state index contributed by atoms with van der Waals surface area (Å²) in [6.45, 7) is 1.20. The lowest BCUT2D eigenvalue weighted by atomic mass is 10.1. The highest BCUT2D eigenvalue weighted by Crippen LogP contribution is 2.29. The van der Waals surface area contributed by atoms with Crippen LogP contribution in [0.5, 0.6) is 0 Å². The van der Waals surface area contributed by atoms with Gasteiger partial charge in [-0.15, -0.1) is 0 Å². The van der Waals surface area contributed by atoms with E-state index in [4.69, 9.17) is 4.74 Å². The monoisotopic (exact) mass is 497 g/mol. The molecule has 0 aliphatic heterocycles. The Morgan fingerprint density at radius 3 is 2.36 bits per heavy atom. The van der Waals surface area contributed by atoms with Crippen molar-refractivity contribution in [1.29, 1.82) is 0 Å². The van der Waals surface area contributed by atoms with Gasteiger partial charge in [-0.1, -0.05) is 24.3 Å². The number of hydrogen-bond donors (Lipinski definition) is 2. The van der Waals surface area contributed by atoms with Crippen LogP contribution in [0.15, 0.2) is 67.4 Å². The summed E-state index contributed by atoms with van der Waals surface area (Å²) < 4.78 is 44.7. The molecule has 3 aromatic heterocycles. The van der Waals surface area contributed by atoms with Crippen molar-refractivity contribution in [2.75, 3.05) is 24.4 Å². The fourth-order valence-corrected chi connectivity index (χ4v) is 3.23. The minimum absolute atomic E-state index is 0.0421. The Hall–Kier alpha value is -4.32. The van der Waals surface area contributed by atoms with E-state index in [1.54, 1.807) is 42.5 Å². The van der Waals surface area contributed by atoms with Gasteiger partial charge in [0.25, 0.3) is 0 Å². The van der Waals surface area contributed by atoms with E-state index in [2.05, 4.69) is 30.7 Å². The van der Waals surface area contributed by atoms with E-state index in [-0.39, 0.29) is 18.1 Å². The lowest BCUT2D eigenvalue weighted by Gasteiger charge is -2.08. The summed E-state index contributed by atoms with van der Waals surface area (Å²) in [6, 6.07) is 9.24. The number of carbonyl (C=O) groups is 1. The first-order valence-electron chi connectivity index (χ1n) is 10.8. The molecule has 0 atom stereocenters. The summed E-state index contributed by atoms with van der Waals surface area (Å²) in [6.07, 6.45) is 3.12.